The van der Waals surface area contributed by atoms with E-state index < -0.39 is 17.9 Å². The first-order valence-corrected chi connectivity index (χ1v) is 24.4. The average Bonchev–Trinajstić information content (AvgIpc) is 3.04. The molecule has 2 unspecified atom stereocenters. The maximum atomic E-state index is 15.2. The van der Waals surface area contributed by atoms with Gasteiger partial charge in [0.15, 0.2) is 0 Å². The second-order valence-electron chi connectivity index (χ2n) is 16.3. The monoisotopic (exact) mass is 683 g/mol. The number of rotatable bonds is 38. The highest BCUT2D eigenvalue weighted by molar-refractivity contribution is 7.64. The molecule has 0 aliphatic rings. The van der Waals surface area contributed by atoms with Crippen LogP contribution in [-0.2, 0) is 4.57 Å². The quantitative estimate of drug-likeness (QED) is 0.0520. The van der Waals surface area contributed by atoms with Crippen LogP contribution in [0.4, 0.5) is 0 Å². The van der Waals surface area contributed by atoms with Gasteiger partial charge < -0.3 is 9.67 Å². The molecular formula is C44H91O2P. The number of aliphatic hydroxyl groups is 1. The van der Waals surface area contributed by atoms with E-state index in [-0.39, 0.29) is 0 Å². The van der Waals surface area contributed by atoms with Gasteiger partial charge in [-0.15, -0.1) is 0 Å². The van der Waals surface area contributed by atoms with Crippen molar-refractivity contribution in [2.24, 2.45) is 0 Å². The summed E-state index contributed by atoms with van der Waals surface area (Å²) < 4.78 is 15.2. The van der Waals surface area contributed by atoms with E-state index in [1.165, 1.54) is 180 Å². The first-order valence-electron chi connectivity index (χ1n) is 22.0. The van der Waals surface area contributed by atoms with Crippen molar-refractivity contribution in [2.45, 2.75) is 270 Å². The highest BCUT2D eigenvalue weighted by atomic mass is 31.2. The summed E-state index contributed by atoms with van der Waals surface area (Å²) in [4.78, 5) is 0. The third kappa shape index (κ3) is 23.3. The molecule has 2 nitrogen and oxygen atoms in total. The van der Waals surface area contributed by atoms with Crippen LogP contribution in [0.2, 0.25) is 0 Å². The molecule has 0 aromatic rings. The lowest BCUT2D eigenvalue weighted by Crippen LogP contribution is -2.52. The zero-order valence-electron chi connectivity index (χ0n) is 33.8. The molecule has 0 aliphatic heterocycles. The Bertz CT molecular complexity index is 666. The fourth-order valence-corrected chi connectivity index (χ4v) is 12.0. The Kier molecular flexibility index (Phi) is 32.3. The van der Waals surface area contributed by atoms with Crippen molar-refractivity contribution in [1.29, 1.82) is 0 Å². The zero-order chi connectivity index (χ0) is 35.0. The molecule has 0 aromatic heterocycles. The van der Waals surface area contributed by atoms with Gasteiger partial charge in [-0.25, -0.2) is 0 Å². The van der Waals surface area contributed by atoms with Crippen LogP contribution in [0.3, 0.4) is 0 Å². The summed E-state index contributed by atoms with van der Waals surface area (Å²) in [5, 5.41) is 12.2. The van der Waals surface area contributed by atoms with Crippen molar-refractivity contribution in [3.63, 3.8) is 0 Å². The summed E-state index contributed by atoms with van der Waals surface area (Å²) in [5.74, 6) is 0. The van der Waals surface area contributed by atoms with E-state index in [4.69, 9.17) is 0 Å². The fraction of sp³-hybridized carbons (Fsp3) is 1.00. The average molecular weight is 683 g/mol. The predicted molar refractivity (Wildman–Crippen MR) is 216 cm³/mol. The second kappa shape index (κ2) is 32.1. The van der Waals surface area contributed by atoms with Gasteiger partial charge in [-0.2, -0.15) is 0 Å². The van der Waals surface area contributed by atoms with Crippen molar-refractivity contribution in [2.75, 3.05) is 12.8 Å². The van der Waals surface area contributed by atoms with Crippen LogP contribution < -0.4 is 0 Å². The lowest BCUT2D eigenvalue weighted by atomic mass is 9.77. The Hall–Kier alpha value is 0.190. The van der Waals surface area contributed by atoms with Crippen LogP contribution >= 0.6 is 7.14 Å². The summed E-state index contributed by atoms with van der Waals surface area (Å²) in [6.07, 6.45) is 44.9. The minimum atomic E-state index is -2.59. The molecular weight excluding hydrogens is 591 g/mol. The molecule has 0 heterocycles. The van der Waals surface area contributed by atoms with Crippen LogP contribution in [0.1, 0.15) is 259 Å². The summed E-state index contributed by atoms with van der Waals surface area (Å²) >= 11 is 0. The lowest BCUT2D eigenvalue weighted by Gasteiger charge is -2.50. The van der Waals surface area contributed by atoms with E-state index in [0.717, 1.165) is 51.1 Å². The largest absolute Gasteiger partial charge is 0.389 e. The van der Waals surface area contributed by atoms with Crippen molar-refractivity contribution in [3.8, 4) is 0 Å². The molecule has 0 aromatic carbocycles. The molecule has 0 fully saturated rings. The van der Waals surface area contributed by atoms with Crippen molar-refractivity contribution in [1.82, 2.24) is 0 Å². The van der Waals surface area contributed by atoms with Gasteiger partial charge in [0, 0.05) is 6.16 Å². The van der Waals surface area contributed by atoms with E-state index in [1.54, 1.807) is 0 Å². The molecule has 1 N–H and O–H groups in total. The van der Waals surface area contributed by atoms with Crippen molar-refractivity contribution >= 4 is 7.14 Å². The van der Waals surface area contributed by atoms with Gasteiger partial charge in [0.05, 0.1) is 17.9 Å². The molecule has 0 amide bonds. The minimum Gasteiger partial charge on any atom is -0.389 e. The lowest BCUT2D eigenvalue weighted by molar-refractivity contribution is -0.00619. The number of unbranched alkanes of at least 4 members (excludes halogenated alkanes) is 28. The van der Waals surface area contributed by atoms with Gasteiger partial charge in [0.25, 0.3) is 0 Å². The minimum absolute atomic E-state index is 0.424. The van der Waals surface area contributed by atoms with E-state index in [9.17, 15) is 5.11 Å². The topological polar surface area (TPSA) is 37.3 Å². The molecule has 2 atom stereocenters. The van der Waals surface area contributed by atoms with Crippen LogP contribution in [-0.4, -0.2) is 28.7 Å². The summed E-state index contributed by atoms with van der Waals surface area (Å²) in [7, 11) is -2.59. The molecule has 0 rings (SSSR count). The SMILES string of the molecule is CCCCCCCCCCC(C)(O)C(CCCCCCCCCC)(CCCCCCCCCC)P(C)(=O)CCCCCCCCCC. The molecule has 0 spiro atoms. The van der Waals surface area contributed by atoms with Crippen molar-refractivity contribution in [3.05, 3.63) is 0 Å². The third-order valence-corrected chi connectivity index (χ3v) is 15.7. The number of hydrogen-bond acceptors (Lipinski definition) is 2. The predicted octanol–water partition coefficient (Wildman–Crippen LogP) is 16.2. The van der Waals surface area contributed by atoms with Gasteiger partial charge in [-0.1, -0.05) is 227 Å². The van der Waals surface area contributed by atoms with Crippen LogP contribution in [0.5, 0.6) is 0 Å². The van der Waals surface area contributed by atoms with Gasteiger partial charge in [-0.05, 0) is 39.3 Å². The molecule has 0 bridgehead atoms. The fourth-order valence-electron chi connectivity index (χ4n) is 8.35. The van der Waals surface area contributed by atoms with Gasteiger partial charge in [0.1, 0.15) is 0 Å². The zero-order valence-corrected chi connectivity index (χ0v) is 34.7. The van der Waals surface area contributed by atoms with Gasteiger partial charge in [0.2, 0.25) is 0 Å². The Morgan fingerprint density at radius 1 is 0.383 bits per heavy atom. The van der Waals surface area contributed by atoms with Crippen LogP contribution in [0.25, 0.3) is 0 Å². The molecule has 0 saturated heterocycles. The Morgan fingerprint density at radius 3 is 0.915 bits per heavy atom. The smallest absolute Gasteiger partial charge is 0.0934 e. The maximum Gasteiger partial charge on any atom is 0.0934 e. The van der Waals surface area contributed by atoms with E-state index in [1.807, 2.05) is 0 Å². The normalized spacial score (nSPS) is 14.8. The standard InChI is InChI=1S/C44H91O2P/c1-7-11-15-19-23-27-31-35-39-43(5,45)44(40-36-32-28-24-20-16-12-8-2,41-37-33-29-25-21-17-13-9-3)47(6,46)42-38-34-30-26-22-18-14-10-4/h45H,7-42H2,1-6H3. The summed E-state index contributed by atoms with van der Waals surface area (Å²) in [6, 6.07) is 0. The van der Waals surface area contributed by atoms with Crippen LogP contribution in [0.15, 0.2) is 0 Å². The summed E-state index contributed by atoms with van der Waals surface area (Å²) in [5.41, 5.74) is -0.845. The molecule has 0 radical (unpaired) electrons. The Balaban J connectivity index is 5.62. The second-order valence-corrected chi connectivity index (χ2v) is 19.8. The van der Waals surface area contributed by atoms with E-state index in [0.29, 0.717) is 0 Å². The third-order valence-electron chi connectivity index (χ3n) is 11.8. The first-order chi connectivity index (χ1) is 22.7. The van der Waals surface area contributed by atoms with Crippen LogP contribution in [0, 0.1) is 0 Å². The molecule has 3 heteroatoms. The van der Waals surface area contributed by atoms with E-state index in [2.05, 4.69) is 41.3 Å². The molecule has 284 valence electrons. The van der Waals surface area contributed by atoms with E-state index >= 15 is 4.57 Å². The molecule has 47 heavy (non-hydrogen) atoms. The molecule has 0 saturated carbocycles. The Labute approximate surface area is 299 Å². The van der Waals surface area contributed by atoms with Gasteiger partial charge >= 0.3 is 0 Å². The van der Waals surface area contributed by atoms with Crippen molar-refractivity contribution < 1.29 is 9.67 Å². The Morgan fingerprint density at radius 2 is 0.617 bits per heavy atom. The maximum absolute atomic E-state index is 15.2. The highest BCUT2D eigenvalue weighted by Crippen LogP contribution is 2.65. The van der Waals surface area contributed by atoms with Gasteiger partial charge in [-0.3, -0.25) is 0 Å². The highest BCUT2D eigenvalue weighted by Gasteiger charge is 2.54. The summed E-state index contributed by atoms with van der Waals surface area (Å²) in [6.45, 7) is 13.4. The molecule has 0 aliphatic carbocycles. The first kappa shape index (κ1) is 47.2. The number of hydrogen-bond donors (Lipinski definition) is 1.